The van der Waals surface area contributed by atoms with Gasteiger partial charge in [0, 0.05) is 6.04 Å². The summed E-state index contributed by atoms with van der Waals surface area (Å²) in [5.74, 6) is -1.49. The summed E-state index contributed by atoms with van der Waals surface area (Å²) in [6, 6.07) is 1.39. The van der Waals surface area contributed by atoms with E-state index in [-0.39, 0.29) is 25.7 Å². The van der Waals surface area contributed by atoms with Gasteiger partial charge >= 0.3 is 12.4 Å². The standard InChI is InChI=1S/C14H14ClF6NO2S/c15-12-6-5-10(7-11(12)14(19,20)21)25(23,24)22-9-3-1-8(2-4-9)13(16,17)18/h5-9,22H,1-4H2. The summed E-state index contributed by atoms with van der Waals surface area (Å²) in [4.78, 5) is -0.637. The quantitative estimate of drug-likeness (QED) is 0.732. The molecule has 1 fully saturated rings. The van der Waals surface area contributed by atoms with Gasteiger partial charge in [-0.15, -0.1) is 0 Å². The summed E-state index contributed by atoms with van der Waals surface area (Å²) < 4.78 is 103. The Labute approximate surface area is 145 Å². The summed E-state index contributed by atoms with van der Waals surface area (Å²) in [6.07, 6.45) is -9.70. The predicted molar refractivity (Wildman–Crippen MR) is 78.6 cm³/mol. The zero-order chi connectivity index (χ0) is 19.0. The van der Waals surface area contributed by atoms with Gasteiger partial charge in [0.25, 0.3) is 0 Å². The topological polar surface area (TPSA) is 46.2 Å². The Hall–Kier alpha value is -1.00. The van der Waals surface area contributed by atoms with Crippen molar-refractivity contribution >= 4 is 21.6 Å². The highest BCUT2D eigenvalue weighted by Gasteiger charge is 2.42. The molecule has 1 saturated carbocycles. The Balaban J connectivity index is 2.13. The van der Waals surface area contributed by atoms with E-state index in [0.29, 0.717) is 6.07 Å². The van der Waals surface area contributed by atoms with E-state index in [1.807, 2.05) is 0 Å². The molecule has 2 rings (SSSR count). The van der Waals surface area contributed by atoms with E-state index in [2.05, 4.69) is 4.72 Å². The third-order valence-corrected chi connectivity index (χ3v) is 5.91. The van der Waals surface area contributed by atoms with Crippen molar-refractivity contribution in [3.8, 4) is 0 Å². The number of rotatable bonds is 3. The largest absolute Gasteiger partial charge is 0.417 e. The first-order chi connectivity index (χ1) is 11.3. The number of nitrogens with one attached hydrogen (secondary N) is 1. The average Bonchev–Trinajstić information content (AvgIpc) is 2.45. The normalized spacial score (nSPS) is 22.8. The van der Waals surface area contributed by atoms with Crippen LogP contribution < -0.4 is 4.72 Å². The van der Waals surface area contributed by atoms with Crippen LogP contribution >= 0.6 is 11.6 Å². The molecule has 1 N–H and O–H groups in total. The monoisotopic (exact) mass is 409 g/mol. The van der Waals surface area contributed by atoms with Gasteiger partial charge < -0.3 is 0 Å². The van der Waals surface area contributed by atoms with E-state index >= 15 is 0 Å². The van der Waals surface area contributed by atoms with E-state index in [1.165, 1.54) is 0 Å². The van der Waals surface area contributed by atoms with Crippen LogP contribution in [0.5, 0.6) is 0 Å². The molecular weight excluding hydrogens is 396 g/mol. The van der Waals surface area contributed by atoms with Crippen LogP contribution in [0.25, 0.3) is 0 Å². The number of hydrogen-bond acceptors (Lipinski definition) is 2. The highest BCUT2D eigenvalue weighted by atomic mass is 35.5. The van der Waals surface area contributed by atoms with Gasteiger partial charge in [-0.3, -0.25) is 0 Å². The lowest BCUT2D eigenvalue weighted by atomic mass is 9.86. The van der Waals surface area contributed by atoms with Crippen molar-refractivity contribution in [3.63, 3.8) is 0 Å². The maximum Gasteiger partial charge on any atom is 0.417 e. The molecule has 11 heteroatoms. The Morgan fingerprint density at radius 3 is 2.04 bits per heavy atom. The molecule has 0 radical (unpaired) electrons. The molecule has 25 heavy (non-hydrogen) atoms. The molecular formula is C14H14ClF6NO2S. The van der Waals surface area contributed by atoms with E-state index in [4.69, 9.17) is 11.6 Å². The fourth-order valence-corrected chi connectivity index (χ4v) is 4.27. The Morgan fingerprint density at radius 2 is 1.56 bits per heavy atom. The summed E-state index contributed by atoms with van der Waals surface area (Å²) in [7, 11) is -4.30. The Morgan fingerprint density at radius 1 is 1.00 bits per heavy atom. The molecule has 0 bridgehead atoms. The van der Waals surface area contributed by atoms with Crippen LogP contribution in [-0.4, -0.2) is 20.6 Å². The Bertz CT molecular complexity index is 724. The van der Waals surface area contributed by atoms with Crippen molar-refractivity contribution in [3.05, 3.63) is 28.8 Å². The fourth-order valence-electron chi connectivity index (χ4n) is 2.71. The van der Waals surface area contributed by atoms with Gasteiger partial charge in [0.2, 0.25) is 10.0 Å². The van der Waals surface area contributed by atoms with E-state index in [9.17, 15) is 34.8 Å². The zero-order valence-electron chi connectivity index (χ0n) is 12.6. The minimum absolute atomic E-state index is 0.0386. The van der Waals surface area contributed by atoms with Crippen LogP contribution in [-0.2, 0) is 16.2 Å². The van der Waals surface area contributed by atoms with Crippen molar-refractivity contribution in [2.24, 2.45) is 5.92 Å². The van der Waals surface area contributed by atoms with Crippen LogP contribution in [0.15, 0.2) is 23.1 Å². The van der Waals surface area contributed by atoms with Gasteiger partial charge in [0.05, 0.1) is 21.4 Å². The molecule has 3 nitrogen and oxygen atoms in total. The van der Waals surface area contributed by atoms with Crippen LogP contribution in [0, 0.1) is 5.92 Å². The molecule has 0 atom stereocenters. The van der Waals surface area contributed by atoms with Crippen LogP contribution in [0.1, 0.15) is 31.2 Å². The van der Waals surface area contributed by atoms with Crippen LogP contribution in [0.2, 0.25) is 5.02 Å². The molecule has 0 unspecified atom stereocenters. The number of benzene rings is 1. The summed E-state index contributed by atoms with van der Waals surface area (Å²) in [5.41, 5.74) is -1.29. The fraction of sp³-hybridized carbons (Fsp3) is 0.571. The maximum atomic E-state index is 12.8. The van der Waals surface area contributed by atoms with E-state index in [1.54, 1.807) is 0 Å². The van der Waals surface area contributed by atoms with E-state index < -0.39 is 49.8 Å². The smallest absolute Gasteiger partial charge is 0.208 e. The molecule has 0 heterocycles. The predicted octanol–water partition coefficient (Wildman–Crippen LogP) is 4.76. The molecule has 1 aliphatic rings. The number of halogens is 7. The molecule has 0 amide bonds. The molecule has 1 aromatic rings. The highest BCUT2D eigenvalue weighted by molar-refractivity contribution is 7.89. The molecule has 0 saturated heterocycles. The minimum atomic E-state index is -4.83. The lowest BCUT2D eigenvalue weighted by Gasteiger charge is -2.30. The van der Waals surface area contributed by atoms with Gasteiger partial charge in [-0.05, 0) is 43.9 Å². The lowest BCUT2D eigenvalue weighted by Crippen LogP contribution is -2.40. The van der Waals surface area contributed by atoms with Gasteiger partial charge in [-0.25, -0.2) is 13.1 Å². The molecule has 0 spiro atoms. The maximum absolute atomic E-state index is 12.8. The second-order valence-corrected chi connectivity index (χ2v) is 7.97. The summed E-state index contributed by atoms with van der Waals surface area (Å²) >= 11 is 5.44. The van der Waals surface area contributed by atoms with Crippen molar-refractivity contribution in [2.75, 3.05) is 0 Å². The first kappa shape index (κ1) is 20.3. The minimum Gasteiger partial charge on any atom is -0.208 e. The number of hydrogen-bond donors (Lipinski definition) is 1. The highest BCUT2D eigenvalue weighted by Crippen LogP contribution is 2.38. The summed E-state index contributed by atoms with van der Waals surface area (Å²) in [6.45, 7) is 0. The lowest BCUT2D eigenvalue weighted by molar-refractivity contribution is -0.182. The van der Waals surface area contributed by atoms with Crippen molar-refractivity contribution in [2.45, 2.75) is 49.0 Å². The van der Waals surface area contributed by atoms with Crippen molar-refractivity contribution in [1.82, 2.24) is 4.72 Å². The third-order valence-electron chi connectivity index (χ3n) is 4.07. The second-order valence-electron chi connectivity index (χ2n) is 5.85. The molecule has 0 aromatic heterocycles. The second kappa shape index (κ2) is 6.96. The zero-order valence-corrected chi connectivity index (χ0v) is 14.2. The van der Waals surface area contributed by atoms with Crippen molar-refractivity contribution < 1.29 is 34.8 Å². The van der Waals surface area contributed by atoms with Crippen molar-refractivity contribution in [1.29, 1.82) is 0 Å². The third kappa shape index (κ3) is 5.01. The molecule has 1 aliphatic carbocycles. The SMILES string of the molecule is O=S(=O)(NC1CCC(C(F)(F)F)CC1)c1ccc(Cl)c(C(F)(F)F)c1. The number of sulfonamides is 1. The van der Waals surface area contributed by atoms with Gasteiger partial charge in [-0.1, -0.05) is 11.6 Å². The molecule has 1 aromatic carbocycles. The van der Waals surface area contributed by atoms with Crippen LogP contribution in [0.3, 0.4) is 0 Å². The first-order valence-electron chi connectivity index (χ1n) is 7.26. The average molecular weight is 410 g/mol. The van der Waals surface area contributed by atoms with Crippen LogP contribution in [0.4, 0.5) is 26.3 Å². The van der Waals surface area contributed by atoms with Gasteiger partial charge in [0.15, 0.2) is 0 Å². The first-order valence-corrected chi connectivity index (χ1v) is 9.12. The molecule has 142 valence electrons. The van der Waals surface area contributed by atoms with Gasteiger partial charge in [-0.2, -0.15) is 26.3 Å². The van der Waals surface area contributed by atoms with Gasteiger partial charge in [0.1, 0.15) is 0 Å². The van der Waals surface area contributed by atoms with E-state index in [0.717, 1.165) is 12.1 Å². The number of alkyl halides is 6. The summed E-state index contributed by atoms with van der Waals surface area (Å²) in [5, 5.41) is -0.642. The molecule has 0 aliphatic heterocycles. The Kier molecular flexibility index (Phi) is 5.65.